The molecule has 4 rings (SSSR count). The fraction of sp³-hybridized carbons (Fsp3) is 0.440. The highest BCUT2D eigenvalue weighted by atomic mass is 32.2. The number of hydrogen-bond donors (Lipinski definition) is 0. The lowest BCUT2D eigenvalue weighted by Gasteiger charge is -2.26. The molecular formula is C25H33N5O4S. The monoisotopic (exact) mass is 499 g/mol. The molecule has 1 aromatic heterocycles. The van der Waals surface area contributed by atoms with E-state index in [0.29, 0.717) is 12.3 Å². The van der Waals surface area contributed by atoms with E-state index in [-0.39, 0.29) is 11.4 Å². The van der Waals surface area contributed by atoms with E-state index in [9.17, 15) is 8.42 Å². The Morgan fingerprint density at radius 3 is 2.46 bits per heavy atom. The number of ether oxygens (including phenoxy) is 2. The first-order chi connectivity index (χ1) is 17.0. The van der Waals surface area contributed by atoms with E-state index < -0.39 is 10.0 Å². The summed E-state index contributed by atoms with van der Waals surface area (Å²) in [5.74, 6) is 0.810. The topological polar surface area (TPSA) is 89.8 Å². The van der Waals surface area contributed by atoms with E-state index in [0.717, 1.165) is 62.7 Å². The van der Waals surface area contributed by atoms with Gasteiger partial charge < -0.3 is 9.47 Å². The molecule has 0 atom stereocenters. The molecule has 3 aromatic rings. The summed E-state index contributed by atoms with van der Waals surface area (Å²) in [6.07, 6.45) is 3.85. The second-order valence-corrected chi connectivity index (χ2v) is 10.7. The van der Waals surface area contributed by atoms with Crippen LogP contribution in [0.3, 0.4) is 0 Å². The molecule has 1 fully saturated rings. The van der Waals surface area contributed by atoms with Gasteiger partial charge in [-0.05, 0) is 48.4 Å². The highest BCUT2D eigenvalue weighted by Gasteiger charge is 2.22. The molecule has 1 aliphatic heterocycles. The van der Waals surface area contributed by atoms with Crippen molar-refractivity contribution in [2.45, 2.75) is 37.8 Å². The summed E-state index contributed by atoms with van der Waals surface area (Å²) in [4.78, 5) is 2.56. The number of aromatic nitrogens is 3. The second kappa shape index (κ2) is 11.8. The first-order valence-electron chi connectivity index (χ1n) is 12.0. The molecule has 0 amide bonds. The van der Waals surface area contributed by atoms with Gasteiger partial charge in [0.15, 0.2) is 0 Å². The third kappa shape index (κ3) is 6.66. The van der Waals surface area contributed by atoms with Crippen LogP contribution in [-0.4, -0.2) is 72.6 Å². The van der Waals surface area contributed by atoms with Crippen molar-refractivity contribution >= 4 is 10.0 Å². The molecule has 0 unspecified atom stereocenters. The maximum absolute atomic E-state index is 13.1. The Hall–Kier alpha value is -2.79. The Morgan fingerprint density at radius 1 is 1.06 bits per heavy atom. The van der Waals surface area contributed by atoms with Crippen LogP contribution in [0.1, 0.15) is 31.0 Å². The molecule has 2 aromatic carbocycles. The molecule has 0 aliphatic carbocycles. The number of morpholine rings is 1. The molecule has 0 saturated carbocycles. The number of nitrogens with zero attached hydrogens (tertiary/aromatic N) is 5. The SMILES string of the molecule is CCCCOc1ccc(-n2cc(CN(C)S(=O)(=O)c3ccc(CN4CCOCC4)cc3)nn2)cc1. The predicted molar refractivity (Wildman–Crippen MR) is 133 cm³/mol. The zero-order chi connectivity index (χ0) is 24.7. The van der Waals surface area contributed by atoms with Gasteiger partial charge >= 0.3 is 0 Å². The van der Waals surface area contributed by atoms with Gasteiger partial charge in [0.05, 0.1) is 48.8 Å². The summed E-state index contributed by atoms with van der Waals surface area (Å²) in [5.41, 5.74) is 2.47. The fourth-order valence-electron chi connectivity index (χ4n) is 3.80. The molecule has 10 heteroatoms. The third-order valence-corrected chi connectivity index (χ3v) is 7.75. The van der Waals surface area contributed by atoms with E-state index in [1.165, 1.54) is 4.31 Å². The van der Waals surface area contributed by atoms with Crippen molar-refractivity contribution in [3.63, 3.8) is 0 Å². The van der Waals surface area contributed by atoms with Crippen LogP contribution < -0.4 is 4.74 Å². The van der Waals surface area contributed by atoms with E-state index in [4.69, 9.17) is 9.47 Å². The standard InChI is InChI=1S/C25H33N5O4S/c1-3-4-15-34-24-9-7-23(8-10-24)30-20-22(26-27-30)19-28(2)35(31,32)25-11-5-21(6-12-25)18-29-13-16-33-17-14-29/h5-12,20H,3-4,13-19H2,1-2H3. The average molecular weight is 500 g/mol. The number of sulfonamides is 1. The van der Waals surface area contributed by atoms with Gasteiger partial charge in [0.25, 0.3) is 0 Å². The molecule has 0 radical (unpaired) electrons. The van der Waals surface area contributed by atoms with E-state index in [1.54, 1.807) is 30.1 Å². The first kappa shape index (κ1) is 25.3. The van der Waals surface area contributed by atoms with Crippen LogP contribution in [0.15, 0.2) is 59.6 Å². The van der Waals surface area contributed by atoms with E-state index in [2.05, 4.69) is 22.1 Å². The summed E-state index contributed by atoms with van der Waals surface area (Å²) in [5, 5.41) is 8.32. The molecule has 2 heterocycles. The predicted octanol–water partition coefficient (Wildman–Crippen LogP) is 3.10. The number of rotatable bonds is 11. The molecule has 9 nitrogen and oxygen atoms in total. The van der Waals surface area contributed by atoms with Gasteiger partial charge in [-0.25, -0.2) is 13.1 Å². The van der Waals surface area contributed by atoms with Crippen molar-refractivity contribution < 1.29 is 17.9 Å². The zero-order valence-corrected chi connectivity index (χ0v) is 21.2. The molecular weight excluding hydrogens is 466 g/mol. The van der Waals surface area contributed by atoms with Crippen LogP contribution in [0.2, 0.25) is 0 Å². The Bertz CT molecular complexity index is 1170. The molecule has 35 heavy (non-hydrogen) atoms. The molecule has 0 spiro atoms. The molecule has 1 saturated heterocycles. The Balaban J connectivity index is 1.36. The zero-order valence-electron chi connectivity index (χ0n) is 20.3. The smallest absolute Gasteiger partial charge is 0.243 e. The van der Waals surface area contributed by atoms with Gasteiger partial charge in [0.2, 0.25) is 10.0 Å². The van der Waals surface area contributed by atoms with Gasteiger partial charge in [0, 0.05) is 26.7 Å². The van der Waals surface area contributed by atoms with Crippen LogP contribution in [0.5, 0.6) is 5.75 Å². The maximum Gasteiger partial charge on any atom is 0.243 e. The Kier molecular flexibility index (Phi) is 8.50. The lowest BCUT2D eigenvalue weighted by atomic mass is 10.2. The fourth-order valence-corrected chi connectivity index (χ4v) is 4.95. The lowest BCUT2D eigenvalue weighted by Crippen LogP contribution is -2.35. The largest absolute Gasteiger partial charge is 0.494 e. The third-order valence-electron chi connectivity index (χ3n) is 5.93. The van der Waals surface area contributed by atoms with Crippen molar-refractivity contribution in [1.82, 2.24) is 24.2 Å². The summed E-state index contributed by atoms with van der Waals surface area (Å²) >= 11 is 0. The van der Waals surface area contributed by atoms with Gasteiger partial charge in [-0.15, -0.1) is 5.10 Å². The second-order valence-electron chi connectivity index (χ2n) is 8.64. The summed E-state index contributed by atoms with van der Waals surface area (Å²) in [7, 11) is -2.10. The van der Waals surface area contributed by atoms with E-state index in [1.807, 2.05) is 36.4 Å². The highest BCUT2D eigenvalue weighted by Crippen LogP contribution is 2.19. The molecule has 1 aliphatic rings. The van der Waals surface area contributed by atoms with Crippen molar-refractivity contribution in [2.75, 3.05) is 40.0 Å². The van der Waals surface area contributed by atoms with Crippen LogP contribution >= 0.6 is 0 Å². The van der Waals surface area contributed by atoms with Crippen LogP contribution in [0.4, 0.5) is 0 Å². The summed E-state index contributed by atoms with van der Waals surface area (Å²) in [6.45, 7) is 6.98. The van der Waals surface area contributed by atoms with E-state index >= 15 is 0 Å². The first-order valence-corrected chi connectivity index (χ1v) is 13.4. The van der Waals surface area contributed by atoms with Gasteiger partial charge in [-0.3, -0.25) is 4.90 Å². The molecule has 0 N–H and O–H groups in total. The lowest BCUT2D eigenvalue weighted by molar-refractivity contribution is 0.0342. The minimum atomic E-state index is -3.65. The normalized spacial score (nSPS) is 14.9. The Labute approximate surface area is 207 Å². The summed E-state index contributed by atoms with van der Waals surface area (Å²) in [6, 6.07) is 14.7. The van der Waals surface area contributed by atoms with Crippen LogP contribution in [-0.2, 0) is 27.8 Å². The van der Waals surface area contributed by atoms with Gasteiger partial charge in [-0.1, -0.05) is 30.7 Å². The number of unbranched alkanes of at least 4 members (excludes halogenated alkanes) is 1. The van der Waals surface area contributed by atoms with Crippen molar-refractivity contribution in [1.29, 1.82) is 0 Å². The van der Waals surface area contributed by atoms with Crippen molar-refractivity contribution in [3.05, 3.63) is 66.0 Å². The van der Waals surface area contributed by atoms with Crippen molar-refractivity contribution in [3.8, 4) is 11.4 Å². The number of benzene rings is 2. The minimum Gasteiger partial charge on any atom is -0.494 e. The average Bonchev–Trinajstić information content (AvgIpc) is 3.34. The van der Waals surface area contributed by atoms with Gasteiger partial charge in [0.1, 0.15) is 5.75 Å². The molecule has 0 bridgehead atoms. The number of hydrogen-bond acceptors (Lipinski definition) is 7. The van der Waals surface area contributed by atoms with Crippen LogP contribution in [0.25, 0.3) is 5.69 Å². The maximum atomic E-state index is 13.1. The minimum absolute atomic E-state index is 0.121. The van der Waals surface area contributed by atoms with Crippen molar-refractivity contribution in [2.24, 2.45) is 0 Å². The molecule has 188 valence electrons. The quantitative estimate of drug-likeness (QED) is 0.375. The van der Waals surface area contributed by atoms with Gasteiger partial charge in [-0.2, -0.15) is 4.31 Å². The Morgan fingerprint density at radius 2 is 1.77 bits per heavy atom. The highest BCUT2D eigenvalue weighted by molar-refractivity contribution is 7.89. The summed E-state index contributed by atoms with van der Waals surface area (Å²) < 4.78 is 40.2. The van der Waals surface area contributed by atoms with Crippen LogP contribution in [0, 0.1) is 0 Å².